The topological polar surface area (TPSA) is 123 Å². The number of nitro groups is 1. The summed E-state index contributed by atoms with van der Waals surface area (Å²) in [6.07, 6.45) is -6.07. The van der Waals surface area contributed by atoms with Crippen molar-refractivity contribution < 1.29 is 37.8 Å². The minimum absolute atomic E-state index is 0.462. The number of nitrogens with zero attached hydrogens (tertiary/aromatic N) is 2. The molecule has 2 N–H and O–H groups in total. The average molecular weight is 282 g/mol. The second kappa shape index (κ2) is 4.96. The number of hydrogen-bond acceptors (Lipinski definition) is 6. The zero-order valence-corrected chi connectivity index (χ0v) is 8.84. The molecular formula is C8H5F3N2O6. The van der Waals surface area contributed by atoms with Crippen LogP contribution >= 0.6 is 0 Å². The minimum atomic E-state index is -5.20. The summed E-state index contributed by atoms with van der Waals surface area (Å²) >= 11 is 0. The van der Waals surface area contributed by atoms with Gasteiger partial charge in [-0.1, -0.05) is 0 Å². The Bertz CT molecular complexity index is 530. The Morgan fingerprint density at radius 2 is 2.11 bits per heavy atom. The molecule has 1 rings (SSSR count). The SMILES string of the molecule is O=C(O)Cc1cc(OC(F)(F)F)c(O)c([N+](=O)[O-])n1. The Hall–Kier alpha value is -2.59. The van der Waals surface area contributed by atoms with E-state index in [1.165, 1.54) is 0 Å². The molecule has 0 radical (unpaired) electrons. The van der Waals surface area contributed by atoms with E-state index in [-0.39, 0.29) is 0 Å². The van der Waals surface area contributed by atoms with Crippen molar-refractivity contribution in [2.45, 2.75) is 12.8 Å². The Morgan fingerprint density at radius 3 is 2.53 bits per heavy atom. The maximum atomic E-state index is 12.0. The number of aromatic nitrogens is 1. The van der Waals surface area contributed by atoms with Gasteiger partial charge >= 0.3 is 18.1 Å². The van der Waals surface area contributed by atoms with Crippen molar-refractivity contribution in [3.8, 4) is 11.5 Å². The third-order valence-electron chi connectivity index (χ3n) is 1.72. The molecule has 1 heterocycles. The van der Waals surface area contributed by atoms with E-state index >= 15 is 0 Å². The van der Waals surface area contributed by atoms with Crippen LogP contribution in [0.5, 0.6) is 11.5 Å². The maximum absolute atomic E-state index is 12.0. The highest BCUT2D eigenvalue weighted by Gasteiger charge is 2.35. The van der Waals surface area contributed by atoms with Crippen LogP contribution in [0.3, 0.4) is 0 Å². The summed E-state index contributed by atoms with van der Waals surface area (Å²) in [5.41, 5.74) is -0.559. The maximum Gasteiger partial charge on any atom is 0.573 e. The molecule has 0 aliphatic heterocycles. The summed E-state index contributed by atoms with van der Waals surface area (Å²) in [4.78, 5) is 22.7. The molecule has 0 aliphatic carbocycles. The lowest BCUT2D eigenvalue weighted by atomic mass is 10.2. The number of pyridine rings is 1. The molecular weight excluding hydrogens is 277 g/mol. The molecule has 1 aromatic heterocycles. The van der Waals surface area contributed by atoms with E-state index in [1.807, 2.05) is 0 Å². The van der Waals surface area contributed by atoms with Crippen molar-refractivity contribution >= 4 is 11.8 Å². The van der Waals surface area contributed by atoms with Crippen LogP contribution in [0.4, 0.5) is 19.0 Å². The fourth-order valence-electron chi connectivity index (χ4n) is 1.13. The summed E-state index contributed by atoms with van der Waals surface area (Å²) in [7, 11) is 0. The van der Waals surface area contributed by atoms with Crippen molar-refractivity contribution in [3.05, 3.63) is 21.9 Å². The first-order valence-electron chi connectivity index (χ1n) is 4.45. The van der Waals surface area contributed by atoms with E-state index < -0.39 is 46.7 Å². The lowest BCUT2D eigenvalue weighted by molar-refractivity contribution is -0.390. The zero-order chi connectivity index (χ0) is 14.8. The fraction of sp³-hybridized carbons (Fsp3) is 0.250. The van der Waals surface area contributed by atoms with Gasteiger partial charge in [-0.05, 0) is 9.91 Å². The van der Waals surface area contributed by atoms with Gasteiger partial charge in [0.2, 0.25) is 0 Å². The number of alkyl halides is 3. The molecule has 104 valence electrons. The predicted octanol–water partition coefficient (Wildman–Crippen LogP) is 1.22. The number of aromatic hydroxyl groups is 1. The Balaban J connectivity index is 3.31. The number of aliphatic carboxylic acids is 1. The summed E-state index contributed by atoms with van der Waals surface area (Å²) in [6, 6.07) is 0.462. The molecule has 0 saturated carbocycles. The van der Waals surface area contributed by atoms with Crippen molar-refractivity contribution in [1.29, 1.82) is 0 Å². The van der Waals surface area contributed by atoms with Crippen LogP contribution in [0.15, 0.2) is 6.07 Å². The molecule has 0 saturated heterocycles. The largest absolute Gasteiger partial charge is 0.573 e. The second-order valence-electron chi connectivity index (χ2n) is 3.16. The fourth-order valence-corrected chi connectivity index (χ4v) is 1.13. The lowest BCUT2D eigenvalue weighted by Crippen LogP contribution is -2.18. The van der Waals surface area contributed by atoms with Crippen LogP contribution in [0.2, 0.25) is 0 Å². The Morgan fingerprint density at radius 1 is 1.53 bits per heavy atom. The van der Waals surface area contributed by atoms with Crippen LogP contribution < -0.4 is 4.74 Å². The molecule has 0 aliphatic rings. The molecule has 19 heavy (non-hydrogen) atoms. The van der Waals surface area contributed by atoms with Crippen molar-refractivity contribution in [1.82, 2.24) is 4.98 Å². The molecule has 11 heteroatoms. The smallest absolute Gasteiger partial charge is 0.498 e. The molecule has 8 nitrogen and oxygen atoms in total. The van der Waals surface area contributed by atoms with Crippen LogP contribution in [0.25, 0.3) is 0 Å². The Labute approximate surface area is 102 Å². The van der Waals surface area contributed by atoms with Gasteiger partial charge in [0.25, 0.3) is 5.75 Å². The normalized spacial score (nSPS) is 11.1. The predicted molar refractivity (Wildman–Crippen MR) is 50.6 cm³/mol. The summed E-state index contributed by atoms with van der Waals surface area (Å²) in [5.74, 6) is -5.51. The number of carboxylic acid groups (broad SMARTS) is 1. The highest BCUT2D eigenvalue weighted by Crippen LogP contribution is 2.37. The summed E-state index contributed by atoms with van der Waals surface area (Å²) < 4.78 is 39.4. The van der Waals surface area contributed by atoms with Gasteiger partial charge in [0, 0.05) is 6.07 Å². The number of ether oxygens (including phenoxy) is 1. The first-order chi connectivity index (χ1) is 8.60. The van der Waals surface area contributed by atoms with Crippen molar-refractivity contribution in [2.75, 3.05) is 0 Å². The summed E-state index contributed by atoms with van der Waals surface area (Å²) in [5, 5.41) is 28.1. The number of rotatable bonds is 4. The van der Waals surface area contributed by atoms with Crippen LogP contribution in [-0.2, 0) is 11.2 Å². The van der Waals surface area contributed by atoms with Crippen molar-refractivity contribution in [3.63, 3.8) is 0 Å². The van der Waals surface area contributed by atoms with Crippen LogP contribution in [-0.4, -0.2) is 32.5 Å². The van der Waals surface area contributed by atoms with Crippen LogP contribution in [0, 0.1) is 10.1 Å². The highest BCUT2D eigenvalue weighted by atomic mass is 19.4. The molecule has 0 fully saturated rings. The second-order valence-corrected chi connectivity index (χ2v) is 3.16. The van der Waals surface area contributed by atoms with E-state index in [0.29, 0.717) is 6.07 Å². The number of carboxylic acids is 1. The van der Waals surface area contributed by atoms with Gasteiger partial charge in [-0.3, -0.25) is 4.79 Å². The van der Waals surface area contributed by atoms with Crippen molar-refractivity contribution in [2.24, 2.45) is 0 Å². The zero-order valence-electron chi connectivity index (χ0n) is 8.84. The lowest BCUT2D eigenvalue weighted by Gasteiger charge is -2.10. The minimum Gasteiger partial charge on any atom is -0.498 e. The number of carbonyl (C=O) groups is 1. The van der Waals surface area contributed by atoms with E-state index in [0.717, 1.165) is 0 Å². The molecule has 0 atom stereocenters. The standard InChI is InChI=1S/C8H5F3N2O6/c9-8(10,11)19-4-1-3(2-5(14)15)12-7(6(4)16)13(17)18/h1,16H,2H2,(H,14,15). The molecule has 0 spiro atoms. The third-order valence-corrected chi connectivity index (χ3v) is 1.72. The number of halogens is 3. The first kappa shape index (κ1) is 14.5. The van der Waals surface area contributed by atoms with Gasteiger partial charge in [-0.25, -0.2) is 0 Å². The van der Waals surface area contributed by atoms with Gasteiger partial charge in [-0.2, -0.15) is 0 Å². The van der Waals surface area contributed by atoms with E-state index in [4.69, 9.17) is 5.11 Å². The van der Waals surface area contributed by atoms with Gasteiger partial charge in [-0.15, -0.1) is 13.2 Å². The molecule has 0 unspecified atom stereocenters. The van der Waals surface area contributed by atoms with Gasteiger partial charge in [0.15, 0.2) is 11.4 Å². The van der Waals surface area contributed by atoms with Gasteiger partial charge < -0.3 is 25.1 Å². The van der Waals surface area contributed by atoms with E-state index in [9.17, 15) is 33.2 Å². The molecule has 0 amide bonds. The average Bonchev–Trinajstić information content (AvgIpc) is 2.19. The summed E-state index contributed by atoms with van der Waals surface area (Å²) in [6.45, 7) is 0. The van der Waals surface area contributed by atoms with E-state index in [2.05, 4.69) is 9.72 Å². The first-order valence-corrected chi connectivity index (χ1v) is 4.45. The highest BCUT2D eigenvalue weighted by molar-refractivity contribution is 5.70. The van der Waals surface area contributed by atoms with Gasteiger partial charge in [0.05, 0.1) is 0 Å². The molecule has 1 aromatic rings. The monoisotopic (exact) mass is 282 g/mol. The van der Waals surface area contributed by atoms with Crippen LogP contribution in [0.1, 0.15) is 5.69 Å². The van der Waals surface area contributed by atoms with E-state index in [1.54, 1.807) is 0 Å². The molecule has 0 bridgehead atoms. The number of hydrogen-bond donors (Lipinski definition) is 2. The van der Waals surface area contributed by atoms with Gasteiger partial charge in [0.1, 0.15) is 6.42 Å². The Kier molecular flexibility index (Phi) is 3.77. The quantitative estimate of drug-likeness (QED) is 0.628. The third kappa shape index (κ3) is 3.97. The molecule has 0 aromatic carbocycles.